The van der Waals surface area contributed by atoms with Gasteiger partial charge in [0.15, 0.2) is 0 Å². The molecule has 51 heavy (non-hydrogen) atoms. The van der Waals surface area contributed by atoms with Gasteiger partial charge in [0.2, 0.25) is 5.91 Å². The van der Waals surface area contributed by atoms with Crippen LogP contribution in [0, 0.1) is 0 Å². The van der Waals surface area contributed by atoms with Gasteiger partial charge in [-0.1, -0.05) is 18.2 Å². The Hall–Kier alpha value is -4.15. The SMILES string of the molecule is Nc1c(Br)cc(C[C@@H](NC(=O)N2CCC(n3c(=O)[nH]c4c5ccccc5ncc43)CC2)C(=O)N2CCC(N3CCNCC3)CC2)cc1C(F)(F)F. The molecule has 2 aromatic heterocycles. The number of fused-ring (bicyclic) bond motifs is 3. The summed E-state index contributed by atoms with van der Waals surface area (Å²) in [6.45, 7) is 5.37. The lowest BCUT2D eigenvalue weighted by atomic mass is 9.98. The Kier molecular flexibility index (Phi) is 10.0. The largest absolute Gasteiger partial charge is 0.418 e. The number of carbonyl (C=O) groups excluding carboxylic acids is 2. The molecule has 0 unspecified atom stereocenters. The van der Waals surface area contributed by atoms with Crippen molar-refractivity contribution in [1.29, 1.82) is 0 Å². The number of halogens is 4. The Morgan fingerprint density at radius 2 is 1.65 bits per heavy atom. The van der Waals surface area contributed by atoms with E-state index in [1.54, 1.807) is 20.6 Å². The average Bonchev–Trinajstić information content (AvgIpc) is 3.48. The molecular formula is C35H41BrF3N9O3. The molecule has 4 aromatic rings. The van der Waals surface area contributed by atoms with E-state index in [0.29, 0.717) is 56.1 Å². The number of piperazine rings is 1. The highest BCUT2D eigenvalue weighted by Gasteiger charge is 2.37. The topological polar surface area (TPSA) is 145 Å². The molecule has 3 amide bonds. The van der Waals surface area contributed by atoms with Crippen molar-refractivity contribution in [2.24, 2.45) is 0 Å². The maximum atomic E-state index is 14.1. The third kappa shape index (κ3) is 7.31. The van der Waals surface area contributed by atoms with Gasteiger partial charge in [-0.25, -0.2) is 9.59 Å². The van der Waals surface area contributed by atoms with E-state index in [1.807, 2.05) is 24.3 Å². The molecule has 3 aliphatic heterocycles. The van der Waals surface area contributed by atoms with Crippen molar-refractivity contribution in [2.75, 3.05) is 58.1 Å². The molecule has 0 saturated carbocycles. The molecule has 12 nitrogen and oxygen atoms in total. The number of hydrogen-bond donors (Lipinski definition) is 4. The lowest BCUT2D eigenvalue weighted by Gasteiger charge is -2.41. The molecule has 3 aliphatic rings. The first-order chi connectivity index (χ1) is 24.5. The number of imidazole rings is 1. The second-order valence-electron chi connectivity index (χ2n) is 13.6. The Morgan fingerprint density at radius 3 is 2.35 bits per heavy atom. The maximum Gasteiger partial charge on any atom is 0.418 e. The number of carbonyl (C=O) groups is 2. The van der Waals surface area contributed by atoms with Gasteiger partial charge in [-0.15, -0.1) is 0 Å². The fourth-order valence-corrected chi connectivity index (χ4v) is 8.34. The van der Waals surface area contributed by atoms with Crippen LogP contribution in [0.5, 0.6) is 0 Å². The molecule has 16 heteroatoms. The first-order valence-electron chi connectivity index (χ1n) is 17.4. The smallest absolute Gasteiger partial charge is 0.397 e. The van der Waals surface area contributed by atoms with E-state index in [0.717, 1.165) is 56.0 Å². The van der Waals surface area contributed by atoms with Crippen LogP contribution in [0.15, 0.2) is 51.9 Å². The number of amides is 3. The standard InChI is InChI=1S/C35H41BrF3N9O3/c36-26-18-21(17-25(30(26)40)35(37,38)39)19-28(32(49)46-11-5-22(6-12-46)45-15-9-41-10-16-45)43-33(50)47-13-7-23(8-14-47)48-29-20-42-27-4-2-1-3-24(27)31(29)44-34(48)51/h1-4,17-18,20,22-23,28,41H,5-16,19,40H2,(H,43,50)(H,44,51)/t28-/m1/s1. The van der Waals surface area contributed by atoms with Crippen molar-refractivity contribution in [3.63, 3.8) is 0 Å². The third-order valence-corrected chi connectivity index (χ3v) is 11.2. The van der Waals surface area contributed by atoms with E-state index < -0.39 is 29.5 Å². The molecule has 0 spiro atoms. The van der Waals surface area contributed by atoms with Crippen molar-refractivity contribution in [3.05, 3.63) is 68.7 Å². The molecule has 272 valence electrons. The Balaban J connectivity index is 1.07. The number of urea groups is 1. The summed E-state index contributed by atoms with van der Waals surface area (Å²) in [4.78, 5) is 54.2. The predicted molar refractivity (Wildman–Crippen MR) is 191 cm³/mol. The summed E-state index contributed by atoms with van der Waals surface area (Å²) in [6.07, 6.45) is -0.606. The van der Waals surface area contributed by atoms with Gasteiger partial charge in [-0.3, -0.25) is 19.2 Å². The minimum atomic E-state index is -4.70. The van der Waals surface area contributed by atoms with E-state index in [-0.39, 0.29) is 34.1 Å². The number of aromatic amines is 1. The zero-order chi connectivity index (χ0) is 35.9. The number of rotatable bonds is 6. The van der Waals surface area contributed by atoms with Gasteiger partial charge in [0, 0.05) is 80.7 Å². The first-order valence-corrected chi connectivity index (χ1v) is 18.2. The molecule has 0 radical (unpaired) electrons. The van der Waals surface area contributed by atoms with Crippen LogP contribution in [-0.2, 0) is 17.4 Å². The van der Waals surface area contributed by atoms with E-state index in [2.05, 4.69) is 41.4 Å². The number of nitrogens with one attached hydrogen (secondary N) is 3. The van der Waals surface area contributed by atoms with Crippen LogP contribution in [0.2, 0.25) is 0 Å². The number of nitrogens with zero attached hydrogens (tertiary/aromatic N) is 5. The lowest BCUT2D eigenvalue weighted by Crippen LogP contribution is -2.57. The van der Waals surface area contributed by atoms with E-state index in [4.69, 9.17) is 5.73 Å². The van der Waals surface area contributed by atoms with Crippen LogP contribution in [-0.4, -0.2) is 106 Å². The number of nitrogen functional groups attached to an aromatic ring is 1. The number of hydrogen-bond acceptors (Lipinski definition) is 7. The van der Waals surface area contributed by atoms with Crippen LogP contribution < -0.4 is 22.1 Å². The molecular weight excluding hydrogens is 731 g/mol. The maximum absolute atomic E-state index is 14.1. The summed E-state index contributed by atoms with van der Waals surface area (Å²) in [5.41, 5.74) is 6.48. The summed E-state index contributed by atoms with van der Waals surface area (Å²) in [6, 6.07) is 8.60. The number of likely N-dealkylation sites (tertiary alicyclic amines) is 2. The van der Waals surface area contributed by atoms with Gasteiger partial charge < -0.3 is 31.2 Å². The minimum Gasteiger partial charge on any atom is -0.397 e. The zero-order valence-electron chi connectivity index (χ0n) is 28.0. The van der Waals surface area contributed by atoms with Crippen molar-refractivity contribution in [1.82, 2.24) is 39.9 Å². The van der Waals surface area contributed by atoms with Crippen molar-refractivity contribution in [2.45, 2.75) is 56.4 Å². The van der Waals surface area contributed by atoms with Crippen LogP contribution in [0.1, 0.15) is 42.9 Å². The Labute approximate surface area is 300 Å². The molecule has 5 N–H and O–H groups in total. The van der Waals surface area contributed by atoms with E-state index in [1.165, 1.54) is 6.07 Å². The third-order valence-electron chi connectivity index (χ3n) is 10.6. The molecule has 2 aromatic carbocycles. The number of aromatic nitrogens is 3. The van der Waals surface area contributed by atoms with E-state index >= 15 is 0 Å². The summed E-state index contributed by atoms with van der Waals surface area (Å²) in [5.74, 6) is -0.330. The quantitative estimate of drug-likeness (QED) is 0.216. The molecule has 3 saturated heterocycles. The number of pyridine rings is 1. The number of alkyl halides is 3. The van der Waals surface area contributed by atoms with Crippen LogP contribution in [0.3, 0.4) is 0 Å². The zero-order valence-corrected chi connectivity index (χ0v) is 29.6. The van der Waals surface area contributed by atoms with Crippen LogP contribution >= 0.6 is 15.9 Å². The summed E-state index contributed by atoms with van der Waals surface area (Å²) >= 11 is 3.15. The average molecular weight is 773 g/mol. The monoisotopic (exact) mass is 771 g/mol. The second-order valence-corrected chi connectivity index (χ2v) is 14.5. The molecule has 5 heterocycles. The predicted octanol–water partition coefficient (Wildman–Crippen LogP) is 4.10. The fraction of sp³-hybridized carbons (Fsp3) is 0.486. The minimum absolute atomic E-state index is 0.0690. The highest BCUT2D eigenvalue weighted by Crippen LogP contribution is 2.38. The highest BCUT2D eigenvalue weighted by molar-refractivity contribution is 9.10. The van der Waals surface area contributed by atoms with Gasteiger partial charge in [0.1, 0.15) is 6.04 Å². The molecule has 0 aliphatic carbocycles. The number of para-hydroxylation sites is 1. The van der Waals surface area contributed by atoms with Gasteiger partial charge >= 0.3 is 17.9 Å². The number of nitrogens with two attached hydrogens (primary N) is 1. The Morgan fingerprint density at radius 1 is 0.980 bits per heavy atom. The molecule has 0 bridgehead atoms. The molecule has 1 atom stereocenters. The number of anilines is 1. The van der Waals surface area contributed by atoms with Crippen LogP contribution in [0.25, 0.3) is 21.9 Å². The molecule has 3 fully saturated rings. The lowest BCUT2D eigenvalue weighted by molar-refractivity contribution is -0.137. The van der Waals surface area contributed by atoms with Gasteiger partial charge in [-0.05, 0) is 65.4 Å². The van der Waals surface area contributed by atoms with Crippen molar-refractivity contribution in [3.8, 4) is 0 Å². The van der Waals surface area contributed by atoms with Crippen molar-refractivity contribution >= 4 is 55.5 Å². The first kappa shape index (κ1) is 35.3. The molecule has 7 rings (SSSR count). The van der Waals surface area contributed by atoms with Gasteiger partial charge in [0.25, 0.3) is 0 Å². The fourth-order valence-electron chi connectivity index (χ4n) is 7.83. The summed E-state index contributed by atoms with van der Waals surface area (Å²) in [7, 11) is 0. The van der Waals surface area contributed by atoms with Crippen LogP contribution in [0.4, 0.5) is 23.7 Å². The van der Waals surface area contributed by atoms with Gasteiger partial charge in [-0.2, -0.15) is 13.2 Å². The number of benzene rings is 2. The van der Waals surface area contributed by atoms with Crippen molar-refractivity contribution < 1.29 is 22.8 Å². The number of H-pyrrole nitrogens is 1. The normalized spacial score (nSPS) is 19.1. The summed E-state index contributed by atoms with van der Waals surface area (Å²) < 4.78 is 43.4. The summed E-state index contributed by atoms with van der Waals surface area (Å²) in [5, 5.41) is 7.08. The number of piperidine rings is 2. The van der Waals surface area contributed by atoms with Gasteiger partial charge in [0.05, 0.1) is 34.0 Å². The second kappa shape index (κ2) is 14.5. The highest BCUT2D eigenvalue weighted by atomic mass is 79.9. The Bertz CT molecular complexity index is 1980. The van der Waals surface area contributed by atoms with E-state index in [9.17, 15) is 27.6 Å².